The zero-order valence-electron chi connectivity index (χ0n) is 14.2. The molecule has 1 fully saturated rings. The first-order valence-electron chi connectivity index (χ1n) is 8.39. The second-order valence-corrected chi connectivity index (χ2v) is 6.51. The van der Waals surface area contributed by atoms with Crippen LogP contribution >= 0.6 is 0 Å². The summed E-state index contributed by atoms with van der Waals surface area (Å²) in [6.07, 6.45) is 0.234. The standard InChI is InChI=1S/C20H22N2O3/c1-14-5-7-15(8-6-14)11-22-12-17(10-19(22)24)20(25)21-18-4-2-3-16(9-18)13-23/h2-9,17,23H,10-13H2,1H3,(H,21,25). The van der Waals surface area contributed by atoms with E-state index < -0.39 is 0 Å². The zero-order chi connectivity index (χ0) is 17.8. The van der Waals surface area contributed by atoms with Crippen LogP contribution in [0.1, 0.15) is 23.1 Å². The van der Waals surface area contributed by atoms with Crippen molar-refractivity contribution in [2.24, 2.45) is 5.92 Å². The van der Waals surface area contributed by atoms with Gasteiger partial charge in [0.15, 0.2) is 0 Å². The maximum absolute atomic E-state index is 12.5. The van der Waals surface area contributed by atoms with Gasteiger partial charge in [-0.05, 0) is 30.2 Å². The number of hydrogen-bond acceptors (Lipinski definition) is 3. The Labute approximate surface area is 147 Å². The van der Waals surface area contributed by atoms with Gasteiger partial charge in [-0.1, -0.05) is 42.0 Å². The van der Waals surface area contributed by atoms with Gasteiger partial charge in [-0.2, -0.15) is 0 Å². The van der Waals surface area contributed by atoms with Gasteiger partial charge in [0, 0.05) is 25.2 Å². The molecule has 1 atom stereocenters. The van der Waals surface area contributed by atoms with Crippen LogP contribution in [0.3, 0.4) is 0 Å². The van der Waals surface area contributed by atoms with Gasteiger partial charge in [-0.15, -0.1) is 0 Å². The van der Waals surface area contributed by atoms with Gasteiger partial charge < -0.3 is 15.3 Å². The highest BCUT2D eigenvalue weighted by molar-refractivity contribution is 5.97. The highest BCUT2D eigenvalue weighted by Crippen LogP contribution is 2.22. The summed E-state index contributed by atoms with van der Waals surface area (Å²) in [4.78, 5) is 26.4. The fourth-order valence-corrected chi connectivity index (χ4v) is 3.01. The van der Waals surface area contributed by atoms with Crippen molar-refractivity contribution in [2.45, 2.75) is 26.5 Å². The number of benzene rings is 2. The minimum Gasteiger partial charge on any atom is -0.392 e. The Morgan fingerprint density at radius 1 is 1.20 bits per heavy atom. The van der Waals surface area contributed by atoms with Gasteiger partial charge >= 0.3 is 0 Å². The lowest BCUT2D eigenvalue weighted by Gasteiger charge is -2.17. The van der Waals surface area contributed by atoms with E-state index in [-0.39, 0.29) is 30.8 Å². The summed E-state index contributed by atoms with van der Waals surface area (Å²) >= 11 is 0. The molecule has 1 unspecified atom stereocenters. The number of nitrogens with one attached hydrogen (secondary N) is 1. The molecule has 2 aromatic carbocycles. The summed E-state index contributed by atoms with van der Waals surface area (Å²) in [5.74, 6) is -0.504. The first-order chi connectivity index (χ1) is 12.0. The molecule has 0 aromatic heterocycles. The van der Waals surface area contributed by atoms with Crippen molar-refractivity contribution >= 4 is 17.5 Å². The van der Waals surface area contributed by atoms with Crippen molar-refractivity contribution in [1.29, 1.82) is 0 Å². The van der Waals surface area contributed by atoms with E-state index in [0.29, 0.717) is 18.8 Å². The number of hydrogen-bond donors (Lipinski definition) is 2. The monoisotopic (exact) mass is 338 g/mol. The summed E-state index contributed by atoms with van der Waals surface area (Å²) in [5, 5.41) is 12.0. The average Bonchev–Trinajstić information content (AvgIpc) is 2.98. The van der Waals surface area contributed by atoms with Crippen LogP contribution in [0.5, 0.6) is 0 Å². The first-order valence-corrected chi connectivity index (χ1v) is 8.39. The Morgan fingerprint density at radius 2 is 1.96 bits per heavy atom. The molecular weight excluding hydrogens is 316 g/mol. The molecule has 1 aliphatic rings. The molecular formula is C20H22N2O3. The Bertz CT molecular complexity index is 771. The topological polar surface area (TPSA) is 69.6 Å². The van der Waals surface area contributed by atoms with E-state index >= 15 is 0 Å². The third-order valence-electron chi connectivity index (χ3n) is 4.46. The second-order valence-electron chi connectivity index (χ2n) is 6.51. The van der Waals surface area contributed by atoms with Gasteiger partial charge in [-0.25, -0.2) is 0 Å². The predicted molar refractivity (Wildman–Crippen MR) is 95.7 cm³/mol. The Hall–Kier alpha value is -2.66. The van der Waals surface area contributed by atoms with E-state index in [2.05, 4.69) is 5.32 Å². The Balaban J connectivity index is 1.61. The number of carbonyl (C=O) groups excluding carboxylic acids is 2. The number of aryl methyl sites for hydroxylation is 1. The molecule has 0 aliphatic carbocycles. The number of aliphatic hydroxyl groups excluding tert-OH is 1. The smallest absolute Gasteiger partial charge is 0.229 e. The Kier molecular flexibility index (Phi) is 5.14. The molecule has 1 aliphatic heterocycles. The zero-order valence-corrected chi connectivity index (χ0v) is 14.2. The number of carbonyl (C=O) groups is 2. The van der Waals surface area contributed by atoms with Crippen LogP contribution < -0.4 is 5.32 Å². The lowest BCUT2D eigenvalue weighted by Crippen LogP contribution is -2.28. The lowest BCUT2D eigenvalue weighted by molar-refractivity contribution is -0.128. The van der Waals surface area contributed by atoms with Crippen LogP contribution in [-0.4, -0.2) is 28.4 Å². The molecule has 1 heterocycles. The van der Waals surface area contributed by atoms with E-state index in [4.69, 9.17) is 0 Å². The third-order valence-corrected chi connectivity index (χ3v) is 4.46. The Morgan fingerprint density at radius 3 is 2.68 bits per heavy atom. The van der Waals surface area contributed by atoms with Crippen molar-refractivity contribution in [3.63, 3.8) is 0 Å². The minimum atomic E-state index is -0.351. The van der Waals surface area contributed by atoms with Crippen LogP contribution in [0.25, 0.3) is 0 Å². The molecule has 2 aromatic rings. The van der Waals surface area contributed by atoms with Gasteiger partial charge in [0.05, 0.1) is 12.5 Å². The number of likely N-dealkylation sites (tertiary alicyclic amines) is 1. The molecule has 0 saturated carbocycles. The van der Waals surface area contributed by atoms with E-state index in [1.165, 1.54) is 5.56 Å². The number of anilines is 1. The van der Waals surface area contributed by atoms with Crippen LogP contribution in [0, 0.1) is 12.8 Å². The number of aliphatic hydroxyl groups is 1. The molecule has 0 bridgehead atoms. The molecule has 0 radical (unpaired) electrons. The van der Waals surface area contributed by atoms with Gasteiger partial charge in [0.2, 0.25) is 11.8 Å². The first kappa shape index (κ1) is 17.2. The number of nitrogens with zero attached hydrogens (tertiary/aromatic N) is 1. The van der Waals surface area contributed by atoms with Crippen LogP contribution in [0.4, 0.5) is 5.69 Å². The van der Waals surface area contributed by atoms with E-state index in [0.717, 1.165) is 11.1 Å². The van der Waals surface area contributed by atoms with E-state index in [9.17, 15) is 14.7 Å². The molecule has 1 saturated heterocycles. The third kappa shape index (κ3) is 4.25. The summed E-state index contributed by atoms with van der Waals surface area (Å²) < 4.78 is 0. The summed E-state index contributed by atoms with van der Waals surface area (Å²) in [6, 6.07) is 15.1. The quantitative estimate of drug-likeness (QED) is 0.880. The highest BCUT2D eigenvalue weighted by Gasteiger charge is 2.34. The van der Waals surface area contributed by atoms with Crippen LogP contribution in [-0.2, 0) is 22.7 Å². The molecule has 5 heteroatoms. The number of rotatable bonds is 5. The molecule has 25 heavy (non-hydrogen) atoms. The van der Waals surface area contributed by atoms with Crippen LogP contribution in [0.2, 0.25) is 0 Å². The van der Waals surface area contributed by atoms with Crippen LogP contribution in [0.15, 0.2) is 48.5 Å². The summed E-state index contributed by atoms with van der Waals surface area (Å²) in [7, 11) is 0. The van der Waals surface area contributed by atoms with Crippen molar-refractivity contribution < 1.29 is 14.7 Å². The van der Waals surface area contributed by atoms with Gasteiger partial charge in [-0.3, -0.25) is 9.59 Å². The van der Waals surface area contributed by atoms with Gasteiger partial charge in [0.1, 0.15) is 0 Å². The van der Waals surface area contributed by atoms with E-state index in [1.807, 2.05) is 31.2 Å². The predicted octanol–water partition coefficient (Wildman–Crippen LogP) is 2.47. The van der Waals surface area contributed by atoms with Gasteiger partial charge in [0.25, 0.3) is 0 Å². The van der Waals surface area contributed by atoms with Crippen molar-refractivity contribution in [2.75, 3.05) is 11.9 Å². The fourth-order valence-electron chi connectivity index (χ4n) is 3.01. The van der Waals surface area contributed by atoms with Crippen molar-refractivity contribution in [1.82, 2.24) is 4.90 Å². The molecule has 130 valence electrons. The maximum Gasteiger partial charge on any atom is 0.229 e. The molecule has 2 amide bonds. The molecule has 5 nitrogen and oxygen atoms in total. The lowest BCUT2D eigenvalue weighted by atomic mass is 10.1. The van der Waals surface area contributed by atoms with Crippen molar-refractivity contribution in [3.8, 4) is 0 Å². The largest absolute Gasteiger partial charge is 0.392 e. The highest BCUT2D eigenvalue weighted by atomic mass is 16.3. The van der Waals surface area contributed by atoms with Crippen molar-refractivity contribution in [3.05, 3.63) is 65.2 Å². The second kappa shape index (κ2) is 7.49. The fraction of sp³-hybridized carbons (Fsp3) is 0.300. The average molecular weight is 338 g/mol. The molecule has 3 rings (SSSR count). The summed E-state index contributed by atoms with van der Waals surface area (Å²) in [5.41, 5.74) is 3.62. The SMILES string of the molecule is Cc1ccc(CN2CC(C(=O)Nc3cccc(CO)c3)CC2=O)cc1. The molecule has 2 N–H and O–H groups in total. The minimum absolute atomic E-state index is 0.00448. The maximum atomic E-state index is 12.5. The molecule has 0 spiro atoms. The normalized spacial score (nSPS) is 17.0. The summed E-state index contributed by atoms with van der Waals surface area (Å²) in [6.45, 7) is 2.91. The number of amides is 2. The van der Waals surface area contributed by atoms with E-state index in [1.54, 1.807) is 29.2 Å².